The van der Waals surface area contributed by atoms with Crippen LogP contribution < -0.4 is 14.8 Å². The van der Waals surface area contributed by atoms with Crippen LogP contribution in [0.1, 0.15) is 18.4 Å². The number of rotatable bonds is 7. The quantitative estimate of drug-likeness (QED) is 0.593. The van der Waals surface area contributed by atoms with E-state index >= 15 is 0 Å². The third-order valence-corrected chi connectivity index (χ3v) is 7.08. The second kappa shape index (κ2) is 9.03. The van der Waals surface area contributed by atoms with Gasteiger partial charge in [-0.15, -0.1) is 0 Å². The van der Waals surface area contributed by atoms with Gasteiger partial charge in [0.1, 0.15) is 10.6 Å². The molecule has 1 fully saturated rings. The normalized spacial score (nSPS) is 18.9. The largest absolute Gasteiger partial charge is 0.495 e. The summed E-state index contributed by atoms with van der Waals surface area (Å²) < 4.78 is 56.2. The first-order valence-corrected chi connectivity index (χ1v) is 12.0. The molecule has 28 heavy (non-hydrogen) atoms. The van der Waals surface area contributed by atoms with E-state index in [0.29, 0.717) is 24.9 Å². The summed E-state index contributed by atoms with van der Waals surface area (Å²) in [5, 5.41) is 2.78. The Kier molecular flexibility index (Phi) is 7.21. The van der Waals surface area contributed by atoms with Crippen molar-refractivity contribution >= 4 is 32.0 Å². The van der Waals surface area contributed by atoms with Gasteiger partial charge < -0.3 is 10.1 Å². The number of benzene rings is 1. The van der Waals surface area contributed by atoms with Crippen LogP contribution in [0.2, 0.25) is 0 Å². The lowest BCUT2D eigenvalue weighted by Gasteiger charge is -2.31. The Morgan fingerprint density at radius 2 is 2.00 bits per heavy atom. The second-order valence-electron chi connectivity index (χ2n) is 6.42. The minimum absolute atomic E-state index is 0.0314. The van der Waals surface area contributed by atoms with E-state index in [1.54, 1.807) is 6.07 Å². The molecule has 1 heterocycles. The highest BCUT2D eigenvalue weighted by Crippen LogP contribution is 2.25. The number of carbonyl (C=O) groups excluding carboxylic acids is 1. The van der Waals surface area contributed by atoms with Gasteiger partial charge in [-0.1, -0.05) is 6.07 Å². The highest BCUT2D eigenvalue weighted by Gasteiger charge is 2.26. The standard InChI is InChI=1S/C17H25N3O6S2/c1-18-28(24,25)16-11-13(6-8-15(16)26-2)7-9-17(21)19-14-5-4-10-20(12-14)27(3,22)23/h6-9,11,14,18H,4-5,10,12H2,1-3H3,(H,19,21)/b9-7+. The van der Waals surface area contributed by atoms with Crippen molar-refractivity contribution in [2.75, 3.05) is 33.5 Å². The zero-order valence-electron chi connectivity index (χ0n) is 16.0. The first kappa shape index (κ1) is 22.3. The molecule has 0 aromatic heterocycles. The highest BCUT2D eigenvalue weighted by molar-refractivity contribution is 7.89. The van der Waals surface area contributed by atoms with Gasteiger partial charge in [0.15, 0.2) is 0 Å². The topological polar surface area (TPSA) is 122 Å². The van der Waals surface area contributed by atoms with Crippen molar-refractivity contribution in [1.29, 1.82) is 0 Å². The molecule has 1 aliphatic heterocycles. The lowest BCUT2D eigenvalue weighted by Crippen LogP contribution is -2.48. The van der Waals surface area contributed by atoms with Crippen LogP contribution in [-0.2, 0) is 24.8 Å². The van der Waals surface area contributed by atoms with Crippen LogP contribution in [0, 0.1) is 0 Å². The van der Waals surface area contributed by atoms with Crippen LogP contribution in [0.4, 0.5) is 0 Å². The van der Waals surface area contributed by atoms with Gasteiger partial charge in [-0.05, 0) is 43.7 Å². The molecule has 156 valence electrons. The monoisotopic (exact) mass is 431 g/mol. The number of methoxy groups -OCH3 is 1. The molecular formula is C17H25N3O6S2. The Bertz CT molecular complexity index is 957. The Balaban J connectivity index is 2.09. The molecule has 0 aliphatic carbocycles. The maximum atomic E-state index is 12.2. The van der Waals surface area contributed by atoms with E-state index in [-0.39, 0.29) is 29.1 Å². The summed E-state index contributed by atoms with van der Waals surface area (Å²) in [5.41, 5.74) is 0.506. The highest BCUT2D eigenvalue weighted by atomic mass is 32.2. The maximum Gasteiger partial charge on any atom is 0.244 e. The number of ether oxygens (including phenoxy) is 1. The smallest absolute Gasteiger partial charge is 0.244 e. The molecule has 0 radical (unpaired) electrons. The molecule has 1 aromatic rings. The van der Waals surface area contributed by atoms with Crippen LogP contribution in [0.3, 0.4) is 0 Å². The molecule has 9 nitrogen and oxygen atoms in total. The second-order valence-corrected chi connectivity index (χ2v) is 10.3. The number of nitrogens with zero attached hydrogens (tertiary/aromatic N) is 1. The minimum atomic E-state index is -3.72. The van der Waals surface area contributed by atoms with Crippen molar-refractivity contribution in [3.63, 3.8) is 0 Å². The fraction of sp³-hybridized carbons (Fsp3) is 0.471. The van der Waals surface area contributed by atoms with Crippen molar-refractivity contribution in [3.8, 4) is 5.75 Å². The number of amides is 1. The summed E-state index contributed by atoms with van der Waals surface area (Å²) in [7, 11) is -4.33. The fourth-order valence-corrected chi connectivity index (χ4v) is 4.74. The molecular weight excluding hydrogens is 406 g/mol. The molecule has 0 bridgehead atoms. The number of sulfonamides is 2. The fourth-order valence-electron chi connectivity index (χ4n) is 2.90. The van der Waals surface area contributed by atoms with Gasteiger partial charge in [0, 0.05) is 25.2 Å². The Labute approximate surface area is 165 Å². The van der Waals surface area contributed by atoms with Gasteiger partial charge in [0.2, 0.25) is 26.0 Å². The number of carbonyl (C=O) groups is 1. The van der Waals surface area contributed by atoms with Crippen LogP contribution in [0.5, 0.6) is 5.75 Å². The average Bonchev–Trinajstić information content (AvgIpc) is 2.65. The summed E-state index contributed by atoms with van der Waals surface area (Å²) in [6, 6.07) is 4.27. The molecule has 1 atom stereocenters. The average molecular weight is 432 g/mol. The maximum absolute atomic E-state index is 12.2. The van der Waals surface area contributed by atoms with E-state index in [4.69, 9.17) is 4.74 Å². The van der Waals surface area contributed by atoms with Gasteiger partial charge in [-0.2, -0.15) is 0 Å². The summed E-state index contributed by atoms with van der Waals surface area (Å²) in [6.07, 6.45) is 5.29. The molecule has 2 rings (SSSR count). The zero-order chi connectivity index (χ0) is 20.9. The van der Waals surface area contributed by atoms with E-state index in [0.717, 1.165) is 6.26 Å². The van der Waals surface area contributed by atoms with E-state index in [2.05, 4.69) is 10.0 Å². The van der Waals surface area contributed by atoms with Crippen molar-refractivity contribution in [1.82, 2.24) is 14.3 Å². The molecule has 0 spiro atoms. The van der Waals surface area contributed by atoms with E-state index in [9.17, 15) is 21.6 Å². The Morgan fingerprint density at radius 1 is 1.29 bits per heavy atom. The van der Waals surface area contributed by atoms with Gasteiger partial charge in [0.25, 0.3) is 0 Å². The number of piperidine rings is 1. The van der Waals surface area contributed by atoms with Gasteiger partial charge in [0.05, 0.1) is 13.4 Å². The lowest BCUT2D eigenvalue weighted by molar-refractivity contribution is -0.117. The minimum Gasteiger partial charge on any atom is -0.495 e. The SMILES string of the molecule is CNS(=O)(=O)c1cc(/C=C/C(=O)NC2CCCN(S(C)(=O)=O)C2)ccc1OC. The van der Waals surface area contributed by atoms with Crippen LogP contribution in [0.15, 0.2) is 29.2 Å². The third-order valence-electron chi connectivity index (χ3n) is 4.37. The van der Waals surface area contributed by atoms with E-state index in [1.165, 1.54) is 42.7 Å². The number of nitrogens with one attached hydrogen (secondary N) is 2. The predicted molar refractivity (Wildman–Crippen MR) is 106 cm³/mol. The van der Waals surface area contributed by atoms with Crippen molar-refractivity contribution in [3.05, 3.63) is 29.8 Å². The Hall–Kier alpha value is -1.95. The number of hydrogen-bond donors (Lipinski definition) is 2. The summed E-state index contributed by atoms with van der Waals surface area (Å²) in [4.78, 5) is 12.1. The molecule has 1 saturated heterocycles. The van der Waals surface area contributed by atoms with Gasteiger partial charge in [-0.3, -0.25) is 4.79 Å². The van der Waals surface area contributed by atoms with E-state index < -0.39 is 20.0 Å². The van der Waals surface area contributed by atoms with Crippen molar-refractivity contribution < 1.29 is 26.4 Å². The molecule has 2 N–H and O–H groups in total. The molecule has 1 amide bonds. The summed E-state index contributed by atoms with van der Waals surface area (Å²) in [6.45, 7) is 0.696. The number of hydrogen-bond acceptors (Lipinski definition) is 6. The molecule has 1 unspecified atom stereocenters. The van der Waals surface area contributed by atoms with E-state index in [1.807, 2.05) is 0 Å². The first-order chi connectivity index (χ1) is 13.1. The first-order valence-electron chi connectivity index (χ1n) is 8.62. The van der Waals surface area contributed by atoms with Crippen molar-refractivity contribution in [2.24, 2.45) is 0 Å². The predicted octanol–water partition coefficient (Wildman–Crippen LogP) is 0.157. The molecule has 0 saturated carbocycles. The third kappa shape index (κ3) is 5.77. The summed E-state index contributed by atoms with van der Waals surface area (Å²) >= 11 is 0. The molecule has 1 aromatic carbocycles. The van der Waals surface area contributed by atoms with Crippen LogP contribution in [-0.4, -0.2) is 66.6 Å². The van der Waals surface area contributed by atoms with Crippen LogP contribution in [0.25, 0.3) is 6.08 Å². The summed E-state index contributed by atoms with van der Waals surface area (Å²) in [5.74, 6) is -0.187. The lowest BCUT2D eigenvalue weighted by atomic mass is 10.1. The zero-order valence-corrected chi connectivity index (χ0v) is 17.6. The van der Waals surface area contributed by atoms with Gasteiger partial charge in [-0.25, -0.2) is 25.9 Å². The molecule has 1 aliphatic rings. The van der Waals surface area contributed by atoms with Crippen LogP contribution >= 0.6 is 0 Å². The Morgan fingerprint density at radius 3 is 2.61 bits per heavy atom. The van der Waals surface area contributed by atoms with Crippen molar-refractivity contribution in [2.45, 2.75) is 23.8 Å². The van der Waals surface area contributed by atoms with Gasteiger partial charge >= 0.3 is 0 Å². The molecule has 11 heteroatoms.